The number of anilines is 4. The minimum atomic E-state index is -0.741. The highest BCUT2D eigenvalue weighted by Crippen LogP contribution is 2.41. The molecule has 4 rings (SSSR count). The largest absolute Gasteiger partial charge is 0.479 e. The highest BCUT2D eigenvalue weighted by molar-refractivity contribution is 14.1. The summed E-state index contributed by atoms with van der Waals surface area (Å²) in [5, 5.41) is 3.45. The van der Waals surface area contributed by atoms with Gasteiger partial charge in [0.05, 0.1) is 68.7 Å². The third-order valence-corrected chi connectivity index (χ3v) is 6.76. The van der Waals surface area contributed by atoms with Gasteiger partial charge in [-0.1, -0.05) is 11.2 Å². The number of benzene rings is 2. The molecule has 2 heterocycles. The molecule has 39 heavy (non-hydrogen) atoms. The Morgan fingerprint density at radius 2 is 1.95 bits per heavy atom. The van der Waals surface area contributed by atoms with E-state index in [9.17, 15) is 9.59 Å². The minimum Gasteiger partial charge on any atom is -0.479 e. The zero-order valence-corrected chi connectivity index (χ0v) is 24.6. The van der Waals surface area contributed by atoms with Crippen LogP contribution in [-0.4, -0.2) is 61.6 Å². The van der Waals surface area contributed by atoms with Crippen molar-refractivity contribution in [3.8, 4) is 11.4 Å². The highest BCUT2D eigenvalue weighted by Gasteiger charge is 2.23. The second kappa shape index (κ2) is 11.2. The van der Waals surface area contributed by atoms with Crippen molar-refractivity contribution >= 4 is 86.2 Å². The van der Waals surface area contributed by atoms with Crippen LogP contribution in [-0.2, 0) is 4.79 Å². The van der Waals surface area contributed by atoms with Gasteiger partial charge < -0.3 is 21.5 Å². The Bertz CT molecular complexity index is 1610. The number of rotatable bonds is 8. The molecule has 0 radical (unpaired) electrons. The number of aryl methyl sites for hydroxylation is 1. The number of fused-ring (bicyclic) bond motifs is 1. The van der Waals surface area contributed by atoms with Crippen molar-refractivity contribution in [1.29, 1.82) is 0 Å². The van der Waals surface area contributed by atoms with Gasteiger partial charge in [-0.05, 0) is 49.7 Å². The number of nitrogens with one attached hydrogen (secondary N) is 1. The van der Waals surface area contributed by atoms with Crippen LogP contribution in [0.1, 0.15) is 12.5 Å². The van der Waals surface area contributed by atoms with Gasteiger partial charge in [-0.3, -0.25) is 12.5 Å². The van der Waals surface area contributed by atoms with Gasteiger partial charge in [0.15, 0.2) is 11.9 Å². The van der Waals surface area contributed by atoms with Gasteiger partial charge in [-0.25, -0.2) is 14.8 Å². The number of nitrogens with zero attached hydrogens (tertiary/aromatic N) is 5. The maximum absolute atomic E-state index is 12.8. The van der Waals surface area contributed by atoms with E-state index in [0.717, 1.165) is 5.56 Å². The molecule has 4 aromatic rings. The molecule has 198 valence electrons. The summed E-state index contributed by atoms with van der Waals surface area (Å²) in [5.74, 6) is 0.882. The Balaban J connectivity index is 1.79. The van der Waals surface area contributed by atoms with Gasteiger partial charge in [-0.15, -0.1) is 0 Å². The number of carbonyl (C=O) groups excluding carboxylic acids is 1. The summed E-state index contributed by atoms with van der Waals surface area (Å²) in [6.07, 6.45) is 2.22. The van der Waals surface area contributed by atoms with E-state index in [0.29, 0.717) is 46.1 Å². The Morgan fingerprint density at radius 1 is 1.21 bits per heavy atom. The molecule has 0 aliphatic carbocycles. The van der Waals surface area contributed by atoms with Crippen LogP contribution in [0.15, 0.2) is 53.7 Å². The molecule has 2 aromatic carbocycles. The maximum atomic E-state index is 12.8. The molecule has 1 amide bonds. The number of hydrogen-bond acceptors (Lipinski definition) is 9. The fourth-order valence-corrected chi connectivity index (χ4v) is 4.61. The van der Waals surface area contributed by atoms with Crippen molar-refractivity contribution in [2.45, 2.75) is 25.1 Å². The zero-order chi connectivity index (χ0) is 28.5. The Kier molecular flexibility index (Phi) is 8.09. The van der Waals surface area contributed by atoms with Gasteiger partial charge in [0.25, 0.3) is 5.91 Å². The molecule has 0 saturated heterocycles. The molecule has 11 nitrogen and oxygen atoms in total. The normalized spacial score (nSPS) is 12.2. The summed E-state index contributed by atoms with van der Waals surface area (Å²) >= 11 is 2.12. The minimum absolute atomic E-state index is 0.0555. The van der Waals surface area contributed by atoms with Gasteiger partial charge in [0, 0.05) is 18.4 Å². The smallest absolute Gasteiger partial charge is 0.354 e. The number of halogens is 1. The lowest BCUT2D eigenvalue weighted by atomic mass is 9.43. The topological polar surface area (TPSA) is 154 Å². The average Bonchev–Trinajstić information content (AvgIpc) is 2.85. The predicted octanol–water partition coefficient (Wildman–Crippen LogP) is -0.00688. The Hall–Kier alpha value is -3.75. The molecule has 0 aliphatic rings. The first-order chi connectivity index (χ1) is 18.3. The van der Waals surface area contributed by atoms with Crippen molar-refractivity contribution < 1.29 is 9.53 Å². The van der Waals surface area contributed by atoms with Crippen molar-refractivity contribution in [2.24, 2.45) is 0 Å². The summed E-state index contributed by atoms with van der Waals surface area (Å²) in [7, 11) is 6.15. The third-order valence-electron chi connectivity index (χ3n) is 5.78. The molecular weight excluding hydrogens is 608 g/mol. The summed E-state index contributed by atoms with van der Waals surface area (Å²) in [6, 6.07) is 10.6. The van der Waals surface area contributed by atoms with Crippen LogP contribution in [0.3, 0.4) is 0 Å². The molecule has 0 spiro atoms. The third kappa shape index (κ3) is 6.46. The zero-order valence-electron chi connectivity index (χ0n) is 22.4. The summed E-state index contributed by atoms with van der Waals surface area (Å²) in [4.78, 5) is 38.3. The standard InChI is InChI=1S/C24H28B3IN8O3/c1-12-3-4-16(18(7-12)39-13(2)22(37)31-10-24(25,26)27)36(28)21-20-15(32-11-33-21)8-14(29)9-17(20)35-6-5-19(30)34-23(35)38/h3-9,11,13H,10,25-27,29H2,1-2H3,(H,31,37)(H2,30,34,38)/t13-/m1/s1. The number of hydrogen-bond donors (Lipinski definition) is 3. The molecule has 15 heteroatoms. The molecule has 0 fully saturated rings. The number of ether oxygens (including phenoxy) is 1. The SMILES string of the molecule is BC(B)(B)CNC(=O)[C@@H](C)Oc1cc(C)ccc1N(I)c1ncnc2cc(N)cc(-n3ccc(N)nc3=O)c12. The fourth-order valence-electron chi connectivity index (χ4n) is 3.84. The van der Waals surface area contributed by atoms with Crippen LogP contribution < -0.4 is 30.3 Å². The van der Waals surface area contributed by atoms with Crippen molar-refractivity contribution in [2.75, 3.05) is 21.1 Å². The lowest BCUT2D eigenvalue weighted by Crippen LogP contribution is -2.41. The van der Waals surface area contributed by atoms with Gasteiger partial charge in [-0.2, -0.15) is 4.98 Å². The highest BCUT2D eigenvalue weighted by atomic mass is 127. The van der Waals surface area contributed by atoms with E-state index >= 15 is 0 Å². The van der Waals surface area contributed by atoms with E-state index in [2.05, 4.69) is 43.1 Å². The molecule has 0 bridgehead atoms. The second-order valence-corrected chi connectivity index (χ2v) is 11.4. The fraction of sp³-hybridized carbons (Fsp3) is 0.208. The van der Waals surface area contributed by atoms with Crippen LogP contribution in [0.4, 0.5) is 23.0 Å². The number of amides is 1. The van der Waals surface area contributed by atoms with Gasteiger partial charge in [0.1, 0.15) is 17.9 Å². The first-order valence-corrected chi connectivity index (χ1v) is 13.2. The second-order valence-electron chi connectivity index (χ2n) is 10.4. The summed E-state index contributed by atoms with van der Waals surface area (Å²) < 4.78 is 9.32. The van der Waals surface area contributed by atoms with E-state index in [-0.39, 0.29) is 16.8 Å². The van der Waals surface area contributed by atoms with E-state index in [1.165, 1.54) is 23.2 Å². The molecular formula is C24H28B3IN8O3. The monoisotopic (exact) mass is 636 g/mol. The Labute approximate surface area is 242 Å². The molecule has 0 unspecified atom stereocenters. The van der Waals surface area contributed by atoms with Crippen LogP contribution in [0, 0.1) is 6.92 Å². The average molecular weight is 636 g/mol. The van der Waals surface area contributed by atoms with Crippen molar-refractivity contribution in [1.82, 2.24) is 24.8 Å². The van der Waals surface area contributed by atoms with Gasteiger partial charge in [0.2, 0.25) is 0 Å². The van der Waals surface area contributed by atoms with E-state index in [4.69, 9.17) is 16.2 Å². The van der Waals surface area contributed by atoms with Crippen LogP contribution in [0.2, 0.25) is 5.11 Å². The first kappa shape index (κ1) is 28.3. The predicted molar refractivity (Wildman–Crippen MR) is 171 cm³/mol. The lowest BCUT2D eigenvalue weighted by molar-refractivity contribution is -0.127. The summed E-state index contributed by atoms with van der Waals surface area (Å²) in [6.45, 7) is 4.18. The number of carbonyl (C=O) groups is 1. The molecule has 0 saturated carbocycles. The molecule has 5 N–H and O–H groups in total. The van der Waals surface area contributed by atoms with Gasteiger partial charge >= 0.3 is 5.69 Å². The number of nitrogen functional groups attached to an aromatic ring is 2. The lowest BCUT2D eigenvalue weighted by Gasteiger charge is -2.25. The van der Waals surface area contributed by atoms with Crippen LogP contribution in [0.25, 0.3) is 16.6 Å². The van der Waals surface area contributed by atoms with Crippen molar-refractivity contribution in [3.63, 3.8) is 0 Å². The van der Waals surface area contributed by atoms with Crippen LogP contribution in [0.5, 0.6) is 5.75 Å². The molecule has 2 aromatic heterocycles. The van der Waals surface area contributed by atoms with E-state index in [1.54, 1.807) is 22.2 Å². The molecule has 1 atom stereocenters. The Morgan fingerprint density at radius 3 is 2.64 bits per heavy atom. The van der Waals surface area contributed by atoms with E-state index < -0.39 is 11.8 Å². The van der Waals surface area contributed by atoms with E-state index in [1.807, 2.05) is 48.7 Å². The number of nitrogens with two attached hydrogens (primary N) is 2. The summed E-state index contributed by atoms with van der Waals surface area (Å²) in [5.41, 5.74) is 14.3. The maximum Gasteiger partial charge on any atom is 0.354 e. The number of aromatic nitrogens is 4. The first-order valence-electron chi connectivity index (χ1n) is 12.2. The quantitative estimate of drug-likeness (QED) is 0.105. The van der Waals surface area contributed by atoms with Crippen molar-refractivity contribution in [3.05, 3.63) is 65.0 Å². The van der Waals surface area contributed by atoms with Crippen LogP contribution >= 0.6 is 22.9 Å². The molecule has 0 aliphatic heterocycles.